The van der Waals surface area contributed by atoms with Crippen LogP contribution < -0.4 is 5.32 Å². The van der Waals surface area contributed by atoms with Crippen molar-refractivity contribution in [3.05, 3.63) is 64.4 Å². The molecular weight excluding hydrogens is 292 g/mol. The second-order valence-electron chi connectivity index (χ2n) is 4.24. The van der Waals surface area contributed by atoms with Gasteiger partial charge in [-0.15, -0.1) is 0 Å². The minimum Gasteiger partial charge on any atom is -0.465 e. The van der Waals surface area contributed by atoms with Crippen LogP contribution in [-0.4, -0.2) is 24.0 Å². The molecule has 0 saturated heterocycles. The van der Waals surface area contributed by atoms with Crippen molar-refractivity contribution in [2.24, 2.45) is 0 Å². The minimum atomic E-state index is -0.492. The number of esters is 1. The zero-order valence-corrected chi connectivity index (χ0v) is 12.1. The summed E-state index contributed by atoms with van der Waals surface area (Å²) in [5, 5.41) is 3.34. The Hall–Kier alpha value is -2.40. The summed E-state index contributed by atoms with van der Waals surface area (Å²) < 4.78 is 4.56. The standard InChI is InChI=1S/C15H13ClN2O3/c1-21-15(20)11-5-6-13(17-9-11)14(19)18-8-10-3-2-4-12(16)7-10/h2-7,9H,8H2,1H3,(H,18,19). The van der Waals surface area contributed by atoms with E-state index in [1.165, 1.54) is 25.4 Å². The number of benzene rings is 1. The second-order valence-corrected chi connectivity index (χ2v) is 4.67. The number of nitrogens with zero attached hydrogens (tertiary/aromatic N) is 1. The van der Waals surface area contributed by atoms with Crippen LogP contribution in [0, 0.1) is 0 Å². The molecule has 21 heavy (non-hydrogen) atoms. The van der Waals surface area contributed by atoms with Gasteiger partial charge in [-0.2, -0.15) is 0 Å². The van der Waals surface area contributed by atoms with Crippen molar-refractivity contribution in [2.75, 3.05) is 7.11 Å². The number of nitrogens with one attached hydrogen (secondary N) is 1. The normalized spacial score (nSPS) is 10.0. The molecule has 2 aromatic rings. The second kappa shape index (κ2) is 6.85. The highest BCUT2D eigenvalue weighted by Crippen LogP contribution is 2.10. The summed E-state index contributed by atoms with van der Waals surface area (Å²) >= 11 is 5.87. The highest BCUT2D eigenvalue weighted by atomic mass is 35.5. The van der Waals surface area contributed by atoms with E-state index in [1.807, 2.05) is 12.1 Å². The monoisotopic (exact) mass is 304 g/mol. The molecule has 0 atom stereocenters. The Kier molecular flexibility index (Phi) is 4.90. The van der Waals surface area contributed by atoms with Gasteiger partial charge < -0.3 is 10.1 Å². The summed E-state index contributed by atoms with van der Waals surface area (Å²) in [5.74, 6) is -0.820. The molecule has 1 heterocycles. The van der Waals surface area contributed by atoms with E-state index in [2.05, 4.69) is 15.0 Å². The van der Waals surface area contributed by atoms with E-state index < -0.39 is 5.97 Å². The molecule has 0 radical (unpaired) electrons. The van der Waals surface area contributed by atoms with Crippen molar-refractivity contribution >= 4 is 23.5 Å². The number of halogens is 1. The first kappa shape index (κ1) is 15.0. The topological polar surface area (TPSA) is 68.3 Å². The van der Waals surface area contributed by atoms with Gasteiger partial charge in [-0.05, 0) is 29.8 Å². The number of methoxy groups -OCH3 is 1. The summed E-state index contributed by atoms with van der Waals surface area (Å²) in [6.07, 6.45) is 1.31. The fourth-order valence-electron chi connectivity index (χ4n) is 1.69. The lowest BCUT2D eigenvalue weighted by Gasteiger charge is -2.06. The molecule has 1 aromatic carbocycles. The number of aromatic nitrogens is 1. The molecule has 0 bridgehead atoms. The van der Waals surface area contributed by atoms with E-state index in [-0.39, 0.29) is 11.6 Å². The number of hydrogen-bond donors (Lipinski definition) is 1. The highest BCUT2D eigenvalue weighted by molar-refractivity contribution is 6.30. The maximum Gasteiger partial charge on any atom is 0.339 e. The third kappa shape index (κ3) is 4.03. The van der Waals surface area contributed by atoms with Crippen molar-refractivity contribution in [3.63, 3.8) is 0 Å². The van der Waals surface area contributed by atoms with Crippen LogP contribution in [0.2, 0.25) is 5.02 Å². The fourth-order valence-corrected chi connectivity index (χ4v) is 1.90. The first-order valence-corrected chi connectivity index (χ1v) is 6.55. The van der Waals surface area contributed by atoms with E-state index in [4.69, 9.17) is 11.6 Å². The summed E-state index contributed by atoms with van der Waals surface area (Å²) in [4.78, 5) is 27.1. The van der Waals surface area contributed by atoms with Crippen molar-refractivity contribution in [3.8, 4) is 0 Å². The number of carbonyl (C=O) groups excluding carboxylic acids is 2. The molecule has 1 N–H and O–H groups in total. The maximum absolute atomic E-state index is 11.9. The number of carbonyl (C=O) groups is 2. The average molecular weight is 305 g/mol. The van der Waals surface area contributed by atoms with Gasteiger partial charge in [-0.25, -0.2) is 4.79 Å². The number of ether oxygens (including phenoxy) is 1. The zero-order chi connectivity index (χ0) is 15.2. The van der Waals surface area contributed by atoms with E-state index >= 15 is 0 Å². The van der Waals surface area contributed by atoms with Crippen LogP contribution in [0.5, 0.6) is 0 Å². The zero-order valence-electron chi connectivity index (χ0n) is 11.3. The van der Waals surface area contributed by atoms with Gasteiger partial charge in [-0.3, -0.25) is 9.78 Å². The Bertz CT molecular complexity index is 656. The first-order chi connectivity index (χ1) is 10.1. The predicted molar refractivity (Wildman–Crippen MR) is 78.2 cm³/mol. The Labute approximate surface area is 126 Å². The summed E-state index contributed by atoms with van der Waals surface area (Å²) in [6.45, 7) is 0.347. The Morgan fingerprint density at radius 1 is 1.29 bits per heavy atom. The quantitative estimate of drug-likeness (QED) is 0.881. The van der Waals surface area contributed by atoms with Gasteiger partial charge in [0.25, 0.3) is 5.91 Å². The van der Waals surface area contributed by atoms with Crippen LogP contribution in [0.25, 0.3) is 0 Å². The summed E-state index contributed by atoms with van der Waals surface area (Å²) in [5.41, 5.74) is 1.41. The van der Waals surface area contributed by atoms with Crippen molar-refractivity contribution in [1.29, 1.82) is 0 Å². The molecule has 0 aliphatic heterocycles. The molecule has 0 aliphatic carbocycles. The van der Waals surface area contributed by atoms with Crippen LogP contribution >= 0.6 is 11.6 Å². The molecule has 1 amide bonds. The number of hydrogen-bond acceptors (Lipinski definition) is 4. The minimum absolute atomic E-state index is 0.227. The SMILES string of the molecule is COC(=O)c1ccc(C(=O)NCc2cccc(Cl)c2)nc1. The molecule has 2 rings (SSSR count). The average Bonchev–Trinajstić information content (AvgIpc) is 2.52. The lowest BCUT2D eigenvalue weighted by Crippen LogP contribution is -2.23. The van der Waals surface area contributed by atoms with E-state index in [9.17, 15) is 9.59 Å². The van der Waals surface area contributed by atoms with Crippen molar-refractivity contribution in [2.45, 2.75) is 6.54 Å². The van der Waals surface area contributed by atoms with Crippen LogP contribution in [0.1, 0.15) is 26.4 Å². The largest absolute Gasteiger partial charge is 0.465 e. The third-order valence-electron chi connectivity index (χ3n) is 2.76. The summed E-state index contributed by atoms with van der Waals surface area (Å²) in [7, 11) is 1.29. The van der Waals surface area contributed by atoms with Crippen LogP contribution in [0.15, 0.2) is 42.6 Å². The summed E-state index contributed by atoms with van der Waals surface area (Å²) in [6, 6.07) is 10.2. The predicted octanol–water partition coefficient (Wildman–Crippen LogP) is 2.45. The molecule has 5 nitrogen and oxygen atoms in total. The highest BCUT2D eigenvalue weighted by Gasteiger charge is 2.10. The van der Waals surface area contributed by atoms with Gasteiger partial charge >= 0.3 is 5.97 Å². The van der Waals surface area contributed by atoms with Crippen molar-refractivity contribution in [1.82, 2.24) is 10.3 Å². The van der Waals surface area contributed by atoms with Crippen LogP contribution in [0.4, 0.5) is 0 Å². The van der Waals surface area contributed by atoms with Gasteiger partial charge in [-0.1, -0.05) is 23.7 Å². The molecule has 0 spiro atoms. The lowest BCUT2D eigenvalue weighted by molar-refractivity contribution is 0.0599. The smallest absolute Gasteiger partial charge is 0.339 e. The van der Waals surface area contributed by atoms with Crippen molar-refractivity contribution < 1.29 is 14.3 Å². The Morgan fingerprint density at radius 3 is 2.71 bits per heavy atom. The first-order valence-electron chi connectivity index (χ1n) is 6.17. The number of rotatable bonds is 4. The molecule has 108 valence electrons. The lowest BCUT2D eigenvalue weighted by atomic mass is 10.2. The number of pyridine rings is 1. The third-order valence-corrected chi connectivity index (χ3v) is 2.99. The van der Waals surface area contributed by atoms with E-state index in [1.54, 1.807) is 12.1 Å². The molecule has 0 aliphatic rings. The van der Waals surface area contributed by atoms with Gasteiger partial charge in [0.05, 0.1) is 12.7 Å². The van der Waals surface area contributed by atoms with Crippen LogP contribution in [-0.2, 0) is 11.3 Å². The van der Waals surface area contributed by atoms with Crippen LogP contribution in [0.3, 0.4) is 0 Å². The molecule has 0 fully saturated rings. The molecule has 0 unspecified atom stereocenters. The number of amides is 1. The molecular formula is C15H13ClN2O3. The van der Waals surface area contributed by atoms with Gasteiger partial charge in [0, 0.05) is 17.8 Å². The Balaban J connectivity index is 1.99. The van der Waals surface area contributed by atoms with E-state index in [0.29, 0.717) is 17.1 Å². The molecule has 6 heteroatoms. The Morgan fingerprint density at radius 2 is 2.10 bits per heavy atom. The van der Waals surface area contributed by atoms with E-state index in [0.717, 1.165) is 5.56 Å². The molecule has 1 aromatic heterocycles. The maximum atomic E-state index is 11.9. The molecule has 0 saturated carbocycles. The fraction of sp³-hybridized carbons (Fsp3) is 0.133. The van der Waals surface area contributed by atoms with Gasteiger partial charge in [0.15, 0.2) is 0 Å². The van der Waals surface area contributed by atoms with Gasteiger partial charge in [0.2, 0.25) is 0 Å². The van der Waals surface area contributed by atoms with Gasteiger partial charge in [0.1, 0.15) is 5.69 Å².